The Morgan fingerprint density at radius 1 is 1.64 bits per heavy atom. The Morgan fingerprint density at radius 3 is 2.86 bits per heavy atom. The Bertz CT molecular complexity index is 396. The molecule has 0 saturated heterocycles. The van der Waals surface area contributed by atoms with E-state index in [1.165, 1.54) is 6.07 Å². The lowest BCUT2D eigenvalue weighted by Gasteiger charge is -2.08. The van der Waals surface area contributed by atoms with Crippen LogP contribution in [-0.2, 0) is 0 Å². The van der Waals surface area contributed by atoms with E-state index in [-0.39, 0.29) is 0 Å². The van der Waals surface area contributed by atoms with Crippen molar-refractivity contribution in [2.45, 2.75) is 6.92 Å². The van der Waals surface area contributed by atoms with Crippen molar-refractivity contribution < 1.29 is 9.53 Å². The maximum atomic E-state index is 10.7. The molecule has 0 unspecified atom stereocenters. The number of carbonyl (C=O) groups excluding carboxylic acids is 1. The van der Waals surface area contributed by atoms with Crippen molar-refractivity contribution in [3.8, 4) is 11.8 Å². The quantitative estimate of drug-likeness (QED) is 0.778. The highest BCUT2D eigenvalue weighted by molar-refractivity contribution is 9.10. The van der Waals surface area contributed by atoms with Crippen molar-refractivity contribution in [2.75, 3.05) is 6.61 Å². The van der Waals surface area contributed by atoms with E-state index >= 15 is 0 Å². The van der Waals surface area contributed by atoms with Crippen LogP contribution in [0.3, 0.4) is 0 Å². The molecule has 0 aliphatic carbocycles. The molecule has 0 aliphatic heterocycles. The number of carbonyl (C=O) groups is 1. The molecule has 72 valence electrons. The fourth-order valence-electron chi connectivity index (χ4n) is 1.06. The summed E-state index contributed by atoms with van der Waals surface area (Å²) in [4.78, 5) is 10.7. The molecule has 0 fully saturated rings. The summed E-state index contributed by atoms with van der Waals surface area (Å²) >= 11 is 3.25. The van der Waals surface area contributed by atoms with Gasteiger partial charge in [0.1, 0.15) is 5.75 Å². The Morgan fingerprint density at radius 2 is 2.36 bits per heavy atom. The van der Waals surface area contributed by atoms with Crippen LogP contribution in [0.2, 0.25) is 0 Å². The Kier molecular flexibility index (Phi) is 3.66. The zero-order valence-electron chi connectivity index (χ0n) is 7.58. The lowest BCUT2D eigenvalue weighted by Crippen LogP contribution is -1.97. The molecular formula is C10H8BrNO2. The number of nitrogens with zero attached hydrogens (tertiary/aromatic N) is 1. The van der Waals surface area contributed by atoms with Gasteiger partial charge in [0.05, 0.1) is 28.3 Å². The van der Waals surface area contributed by atoms with Crippen molar-refractivity contribution in [3.63, 3.8) is 0 Å². The van der Waals surface area contributed by atoms with Crippen LogP contribution in [0.1, 0.15) is 22.8 Å². The third-order valence-electron chi connectivity index (χ3n) is 1.62. The Labute approximate surface area is 90.4 Å². The summed E-state index contributed by atoms with van der Waals surface area (Å²) in [5, 5.41) is 8.68. The van der Waals surface area contributed by atoms with E-state index in [0.717, 1.165) is 0 Å². The number of nitriles is 1. The first kappa shape index (κ1) is 10.7. The van der Waals surface area contributed by atoms with Crippen LogP contribution in [0.25, 0.3) is 0 Å². The molecule has 0 heterocycles. The van der Waals surface area contributed by atoms with Crippen molar-refractivity contribution >= 4 is 22.2 Å². The fourth-order valence-corrected chi connectivity index (χ4v) is 1.65. The second-order valence-corrected chi connectivity index (χ2v) is 3.39. The van der Waals surface area contributed by atoms with E-state index in [0.29, 0.717) is 34.2 Å². The molecule has 0 N–H and O–H groups in total. The van der Waals surface area contributed by atoms with Crippen LogP contribution >= 0.6 is 15.9 Å². The van der Waals surface area contributed by atoms with Gasteiger partial charge in [0.2, 0.25) is 0 Å². The largest absolute Gasteiger partial charge is 0.492 e. The average molecular weight is 254 g/mol. The number of aldehydes is 1. The number of halogens is 1. The lowest BCUT2D eigenvalue weighted by atomic mass is 10.1. The van der Waals surface area contributed by atoms with Gasteiger partial charge in [-0.25, -0.2) is 0 Å². The van der Waals surface area contributed by atoms with E-state index in [4.69, 9.17) is 10.00 Å². The number of hydrogen-bond donors (Lipinski definition) is 0. The zero-order chi connectivity index (χ0) is 10.6. The minimum Gasteiger partial charge on any atom is -0.492 e. The minimum absolute atomic E-state index is 0.387. The second-order valence-electron chi connectivity index (χ2n) is 2.54. The molecule has 0 amide bonds. The summed E-state index contributed by atoms with van der Waals surface area (Å²) in [6.45, 7) is 2.31. The first-order valence-corrected chi connectivity index (χ1v) is 4.83. The highest BCUT2D eigenvalue weighted by Crippen LogP contribution is 2.29. The van der Waals surface area contributed by atoms with E-state index in [1.54, 1.807) is 6.07 Å². The number of rotatable bonds is 3. The maximum absolute atomic E-state index is 10.7. The summed E-state index contributed by atoms with van der Waals surface area (Å²) in [6.07, 6.45) is 0.677. The standard InChI is InChI=1S/C10H8BrNO2/c1-2-14-10-8(6-13)3-7(5-12)4-9(10)11/h3-4,6H,2H2,1H3. The molecule has 1 aromatic carbocycles. The molecule has 1 aromatic rings. The molecule has 0 saturated carbocycles. The average Bonchev–Trinajstić information content (AvgIpc) is 2.20. The van der Waals surface area contributed by atoms with E-state index in [2.05, 4.69) is 15.9 Å². The monoisotopic (exact) mass is 253 g/mol. The van der Waals surface area contributed by atoms with Gasteiger partial charge in [0.15, 0.2) is 6.29 Å². The molecule has 14 heavy (non-hydrogen) atoms. The van der Waals surface area contributed by atoms with Crippen LogP contribution in [0.5, 0.6) is 5.75 Å². The fraction of sp³-hybridized carbons (Fsp3) is 0.200. The summed E-state index contributed by atoms with van der Waals surface area (Å²) in [7, 11) is 0. The van der Waals surface area contributed by atoms with Gasteiger partial charge in [-0.15, -0.1) is 0 Å². The highest BCUT2D eigenvalue weighted by atomic mass is 79.9. The van der Waals surface area contributed by atoms with Gasteiger partial charge in [-0.2, -0.15) is 5.26 Å². The Balaban J connectivity index is 3.28. The van der Waals surface area contributed by atoms with Gasteiger partial charge in [0.25, 0.3) is 0 Å². The predicted molar refractivity (Wildman–Crippen MR) is 55.4 cm³/mol. The minimum atomic E-state index is 0.387. The Hall–Kier alpha value is -1.34. The number of ether oxygens (including phenoxy) is 1. The van der Waals surface area contributed by atoms with Crippen molar-refractivity contribution in [3.05, 3.63) is 27.7 Å². The van der Waals surface area contributed by atoms with Crippen LogP contribution < -0.4 is 4.74 Å². The van der Waals surface area contributed by atoms with Gasteiger partial charge in [-0.1, -0.05) is 0 Å². The topological polar surface area (TPSA) is 50.1 Å². The van der Waals surface area contributed by atoms with Gasteiger partial charge in [-0.3, -0.25) is 4.79 Å². The molecule has 0 aromatic heterocycles. The summed E-state index contributed by atoms with van der Waals surface area (Å²) in [5.74, 6) is 0.488. The van der Waals surface area contributed by atoms with Gasteiger partial charge in [0, 0.05) is 0 Å². The van der Waals surface area contributed by atoms with Crippen LogP contribution in [0, 0.1) is 11.3 Å². The van der Waals surface area contributed by atoms with Gasteiger partial charge in [-0.05, 0) is 35.0 Å². The van der Waals surface area contributed by atoms with Crippen LogP contribution in [0.4, 0.5) is 0 Å². The molecular weight excluding hydrogens is 246 g/mol. The SMILES string of the molecule is CCOc1c(Br)cc(C#N)cc1C=O. The first-order valence-electron chi connectivity index (χ1n) is 4.04. The van der Waals surface area contributed by atoms with Gasteiger partial charge < -0.3 is 4.74 Å². The van der Waals surface area contributed by atoms with E-state index in [9.17, 15) is 4.79 Å². The third-order valence-corrected chi connectivity index (χ3v) is 2.21. The van der Waals surface area contributed by atoms with Crippen LogP contribution in [0.15, 0.2) is 16.6 Å². The summed E-state index contributed by atoms with van der Waals surface area (Å²) in [6, 6.07) is 5.09. The number of benzene rings is 1. The molecule has 0 atom stereocenters. The van der Waals surface area contributed by atoms with Crippen molar-refractivity contribution in [1.82, 2.24) is 0 Å². The predicted octanol–water partition coefficient (Wildman–Crippen LogP) is 2.53. The molecule has 4 heteroatoms. The molecule has 0 aliphatic rings. The maximum Gasteiger partial charge on any atom is 0.153 e. The summed E-state index contributed by atoms with van der Waals surface area (Å²) in [5.41, 5.74) is 0.820. The highest BCUT2D eigenvalue weighted by Gasteiger charge is 2.09. The molecule has 3 nitrogen and oxygen atoms in total. The molecule has 0 radical (unpaired) electrons. The third kappa shape index (κ3) is 2.12. The smallest absolute Gasteiger partial charge is 0.153 e. The normalized spacial score (nSPS) is 9.21. The second kappa shape index (κ2) is 4.77. The lowest BCUT2D eigenvalue weighted by molar-refractivity contribution is 0.111. The summed E-state index contributed by atoms with van der Waals surface area (Å²) < 4.78 is 5.90. The van der Waals surface area contributed by atoms with E-state index < -0.39 is 0 Å². The van der Waals surface area contributed by atoms with E-state index in [1.807, 2.05) is 13.0 Å². The van der Waals surface area contributed by atoms with Crippen LogP contribution in [-0.4, -0.2) is 12.9 Å². The first-order chi connectivity index (χ1) is 6.72. The van der Waals surface area contributed by atoms with Gasteiger partial charge >= 0.3 is 0 Å². The molecule has 0 spiro atoms. The molecule has 0 bridgehead atoms. The molecule has 1 rings (SSSR count). The zero-order valence-corrected chi connectivity index (χ0v) is 9.17. The number of hydrogen-bond acceptors (Lipinski definition) is 3. The van der Waals surface area contributed by atoms with Crippen molar-refractivity contribution in [1.29, 1.82) is 5.26 Å². The van der Waals surface area contributed by atoms with Crippen molar-refractivity contribution in [2.24, 2.45) is 0 Å².